The highest BCUT2D eigenvalue weighted by Gasteiger charge is 2.54. The average Bonchev–Trinajstić information content (AvgIpc) is 3.14. The zero-order valence-corrected chi connectivity index (χ0v) is 17.1. The van der Waals surface area contributed by atoms with Crippen molar-refractivity contribution in [3.63, 3.8) is 0 Å². The Bertz CT molecular complexity index is 1480. The van der Waals surface area contributed by atoms with Crippen molar-refractivity contribution in [3.05, 3.63) is 58.3 Å². The number of carbonyl (C=O) groups is 1. The van der Waals surface area contributed by atoms with Crippen molar-refractivity contribution in [3.8, 4) is 11.5 Å². The first kappa shape index (κ1) is 18.1. The van der Waals surface area contributed by atoms with Gasteiger partial charge in [-0.15, -0.1) is 0 Å². The molecule has 0 amide bonds. The molecule has 1 aromatic heterocycles. The minimum absolute atomic E-state index is 0.228. The van der Waals surface area contributed by atoms with Gasteiger partial charge in [-0.05, 0) is 36.8 Å². The fourth-order valence-electron chi connectivity index (χ4n) is 4.61. The zero-order chi connectivity index (χ0) is 21.5. The van der Waals surface area contributed by atoms with Crippen molar-refractivity contribution in [1.29, 1.82) is 0 Å². The Morgan fingerprint density at radius 3 is 2.48 bits per heavy atom. The number of methoxy groups -OCH3 is 1. The molecular formula is C24H18O7. The van der Waals surface area contributed by atoms with Crippen LogP contribution in [0.2, 0.25) is 0 Å². The first-order valence-electron chi connectivity index (χ1n) is 9.94. The van der Waals surface area contributed by atoms with Crippen molar-refractivity contribution < 1.29 is 28.2 Å². The number of hydrogen-bond acceptors (Lipinski definition) is 7. The Labute approximate surface area is 176 Å². The molecular weight excluding hydrogens is 400 g/mol. The third-order valence-corrected chi connectivity index (χ3v) is 6.06. The van der Waals surface area contributed by atoms with Crippen LogP contribution in [0.15, 0.2) is 51.7 Å². The molecule has 1 saturated heterocycles. The van der Waals surface area contributed by atoms with Crippen LogP contribution in [0.4, 0.5) is 4.79 Å². The largest absolute Gasteiger partial charge is 0.509 e. The molecule has 0 spiro atoms. The minimum atomic E-state index is -0.837. The summed E-state index contributed by atoms with van der Waals surface area (Å²) in [7, 11) is 1.49. The lowest BCUT2D eigenvalue weighted by Crippen LogP contribution is -2.47. The van der Waals surface area contributed by atoms with Crippen molar-refractivity contribution in [2.75, 3.05) is 7.11 Å². The van der Waals surface area contributed by atoms with Crippen LogP contribution in [0.3, 0.4) is 0 Å². The molecule has 31 heavy (non-hydrogen) atoms. The van der Waals surface area contributed by atoms with Gasteiger partial charge in [-0.2, -0.15) is 0 Å². The van der Waals surface area contributed by atoms with Crippen molar-refractivity contribution >= 4 is 38.9 Å². The van der Waals surface area contributed by atoms with E-state index in [0.29, 0.717) is 28.0 Å². The van der Waals surface area contributed by atoms with Gasteiger partial charge in [0.2, 0.25) is 5.43 Å². The normalized spacial score (nSPS) is 21.3. The lowest BCUT2D eigenvalue weighted by atomic mass is 9.87. The molecule has 2 atom stereocenters. The third kappa shape index (κ3) is 2.40. The van der Waals surface area contributed by atoms with Crippen molar-refractivity contribution in [2.24, 2.45) is 0 Å². The summed E-state index contributed by atoms with van der Waals surface area (Å²) in [5, 5.41) is 2.59. The summed E-state index contributed by atoms with van der Waals surface area (Å²) in [5.74, 6) is 0.759. The number of hydrogen-bond donors (Lipinski definition) is 0. The summed E-state index contributed by atoms with van der Waals surface area (Å²) in [4.78, 5) is 25.5. The number of fused-ring (bicyclic) bond motifs is 7. The quantitative estimate of drug-likeness (QED) is 0.322. The fourth-order valence-corrected chi connectivity index (χ4v) is 4.61. The molecule has 0 aliphatic carbocycles. The van der Waals surface area contributed by atoms with Gasteiger partial charge in [0.05, 0.1) is 18.1 Å². The second-order valence-corrected chi connectivity index (χ2v) is 8.35. The predicted molar refractivity (Wildman–Crippen MR) is 113 cm³/mol. The van der Waals surface area contributed by atoms with Crippen LogP contribution in [0.1, 0.15) is 25.5 Å². The fraction of sp³-hybridized carbons (Fsp3) is 0.250. The maximum atomic E-state index is 13.6. The maximum Gasteiger partial charge on any atom is 0.509 e. The van der Waals surface area contributed by atoms with Crippen LogP contribution >= 0.6 is 0 Å². The van der Waals surface area contributed by atoms with E-state index in [-0.39, 0.29) is 16.4 Å². The molecule has 4 aromatic rings. The third-order valence-electron chi connectivity index (χ3n) is 6.06. The Hall–Kier alpha value is -3.74. The average molecular weight is 418 g/mol. The number of ether oxygens (including phenoxy) is 4. The van der Waals surface area contributed by atoms with Crippen LogP contribution < -0.4 is 14.9 Å². The molecule has 3 aromatic carbocycles. The van der Waals surface area contributed by atoms with Gasteiger partial charge in [0.15, 0.2) is 17.8 Å². The molecule has 2 aliphatic rings. The van der Waals surface area contributed by atoms with Crippen LogP contribution in [-0.2, 0) is 9.47 Å². The van der Waals surface area contributed by atoms with E-state index in [1.54, 1.807) is 6.07 Å². The van der Waals surface area contributed by atoms with Crippen LogP contribution in [0.25, 0.3) is 32.7 Å². The Morgan fingerprint density at radius 1 is 1.00 bits per heavy atom. The van der Waals surface area contributed by atoms with E-state index in [2.05, 4.69) is 0 Å². The topological polar surface area (TPSA) is 84.2 Å². The smallest absolute Gasteiger partial charge is 0.496 e. The van der Waals surface area contributed by atoms with Gasteiger partial charge in [0.1, 0.15) is 28.1 Å². The van der Waals surface area contributed by atoms with Gasteiger partial charge < -0.3 is 23.4 Å². The minimum Gasteiger partial charge on any atom is -0.496 e. The molecule has 0 N–H and O–H groups in total. The summed E-state index contributed by atoms with van der Waals surface area (Å²) in [6, 6.07) is 13.0. The molecule has 3 heterocycles. The lowest BCUT2D eigenvalue weighted by molar-refractivity contribution is -0.0501. The van der Waals surface area contributed by atoms with E-state index in [0.717, 1.165) is 10.8 Å². The summed E-state index contributed by atoms with van der Waals surface area (Å²) in [5.41, 5.74) is 0.103. The van der Waals surface area contributed by atoms with Crippen molar-refractivity contribution in [1.82, 2.24) is 0 Å². The molecule has 0 bridgehead atoms. The Kier molecular flexibility index (Phi) is 3.44. The standard InChI is InChI=1S/C24H18O7/c1-24(2)22-21(29-23(26)30-22)18-16(31-24)10-15(27-3)17-19(25)13-8-11-6-4-5-7-12(11)9-14(13)28-20(17)18/h4-10,21-22H,1-3H3/t21-,22-/m0/s1. The van der Waals surface area contributed by atoms with E-state index in [1.165, 1.54) is 7.11 Å². The van der Waals surface area contributed by atoms with Gasteiger partial charge in [-0.3, -0.25) is 4.79 Å². The zero-order valence-electron chi connectivity index (χ0n) is 17.1. The lowest BCUT2D eigenvalue weighted by Gasteiger charge is -2.38. The highest BCUT2D eigenvalue weighted by atomic mass is 16.8. The monoisotopic (exact) mass is 418 g/mol. The van der Waals surface area contributed by atoms with Gasteiger partial charge >= 0.3 is 6.16 Å². The highest BCUT2D eigenvalue weighted by Crippen LogP contribution is 2.51. The first-order chi connectivity index (χ1) is 14.9. The summed E-state index contributed by atoms with van der Waals surface area (Å²) in [6.07, 6.45) is -2.22. The van der Waals surface area contributed by atoms with E-state index >= 15 is 0 Å². The van der Waals surface area contributed by atoms with E-state index < -0.39 is 24.0 Å². The van der Waals surface area contributed by atoms with E-state index in [9.17, 15) is 9.59 Å². The molecule has 0 radical (unpaired) electrons. The SMILES string of the molecule is COc1cc2c(c3oc4cc5ccccc5cc4c(=O)c13)[C@@H]1OC(=O)O[C@@H]1C(C)(C)O2. The van der Waals surface area contributed by atoms with Gasteiger partial charge in [-0.25, -0.2) is 4.79 Å². The summed E-state index contributed by atoms with van der Waals surface area (Å²) < 4.78 is 28.8. The summed E-state index contributed by atoms with van der Waals surface area (Å²) in [6.45, 7) is 3.63. The first-order valence-corrected chi connectivity index (χ1v) is 9.94. The predicted octanol–water partition coefficient (Wildman–Crippen LogP) is 4.86. The highest BCUT2D eigenvalue weighted by molar-refractivity contribution is 6.02. The second kappa shape index (κ2) is 5.91. The van der Waals surface area contributed by atoms with Gasteiger partial charge in [-0.1, -0.05) is 24.3 Å². The number of carbonyl (C=O) groups excluding carboxylic acids is 1. The second-order valence-electron chi connectivity index (χ2n) is 8.35. The maximum absolute atomic E-state index is 13.6. The van der Waals surface area contributed by atoms with Crippen LogP contribution in [0.5, 0.6) is 11.5 Å². The van der Waals surface area contributed by atoms with Gasteiger partial charge in [0.25, 0.3) is 0 Å². The van der Waals surface area contributed by atoms with E-state index in [4.69, 9.17) is 23.4 Å². The Balaban J connectivity index is 1.76. The molecule has 0 saturated carbocycles. The molecule has 2 aliphatic heterocycles. The summed E-state index contributed by atoms with van der Waals surface area (Å²) >= 11 is 0. The van der Waals surface area contributed by atoms with Crippen LogP contribution in [0, 0.1) is 0 Å². The number of benzene rings is 3. The molecule has 7 nitrogen and oxygen atoms in total. The molecule has 156 valence electrons. The number of rotatable bonds is 1. The molecule has 1 fully saturated rings. The molecule has 7 heteroatoms. The van der Waals surface area contributed by atoms with E-state index in [1.807, 2.05) is 50.2 Å². The molecule has 6 rings (SSSR count). The van der Waals surface area contributed by atoms with Gasteiger partial charge in [0, 0.05) is 6.07 Å². The van der Waals surface area contributed by atoms with Crippen molar-refractivity contribution in [2.45, 2.75) is 31.7 Å². The molecule has 0 unspecified atom stereocenters. The van der Waals surface area contributed by atoms with Crippen LogP contribution in [-0.4, -0.2) is 25.0 Å². The Morgan fingerprint density at radius 2 is 1.74 bits per heavy atom.